The lowest BCUT2D eigenvalue weighted by molar-refractivity contribution is -0.116. The highest BCUT2D eigenvalue weighted by Gasteiger charge is 2.09. The quantitative estimate of drug-likeness (QED) is 0.735. The maximum atomic E-state index is 12.0. The molecule has 0 spiro atoms. The van der Waals surface area contributed by atoms with E-state index >= 15 is 0 Å². The predicted octanol–water partition coefficient (Wildman–Crippen LogP) is 3.40. The third-order valence-electron chi connectivity index (χ3n) is 3.46. The lowest BCUT2D eigenvalue weighted by Gasteiger charge is -2.08. The van der Waals surface area contributed by atoms with Gasteiger partial charge in [-0.05, 0) is 24.2 Å². The molecule has 2 aromatic carbocycles. The number of carbonyl (C=O) groups excluding carboxylic acids is 2. The van der Waals surface area contributed by atoms with E-state index in [-0.39, 0.29) is 24.5 Å². The molecule has 0 saturated carbocycles. The van der Waals surface area contributed by atoms with Crippen molar-refractivity contribution in [1.82, 2.24) is 5.32 Å². The minimum Gasteiger partial charge on any atom is -0.326 e. The van der Waals surface area contributed by atoms with E-state index in [0.717, 1.165) is 24.3 Å². The van der Waals surface area contributed by atoms with E-state index in [1.807, 2.05) is 42.5 Å². The lowest BCUT2D eigenvalue weighted by atomic mass is 10.1. The van der Waals surface area contributed by atoms with Crippen molar-refractivity contribution in [1.29, 1.82) is 0 Å². The van der Waals surface area contributed by atoms with Gasteiger partial charge in [0, 0.05) is 30.6 Å². The van der Waals surface area contributed by atoms with Crippen molar-refractivity contribution in [3.8, 4) is 0 Å². The third-order valence-corrected chi connectivity index (χ3v) is 3.46. The van der Waals surface area contributed by atoms with Gasteiger partial charge in [-0.25, -0.2) is 0 Å². The first kappa shape index (κ1) is 16.9. The molecule has 0 radical (unpaired) electrons. The predicted molar refractivity (Wildman–Crippen MR) is 92.5 cm³/mol. The highest BCUT2D eigenvalue weighted by atomic mass is 16.2. The fourth-order valence-electron chi connectivity index (χ4n) is 2.25. The number of amides is 1. The fourth-order valence-corrected chi connectivity index (χ4v) is 2.25. The molecule has 4 heteroatoms. The molecule has 0 heterocycles. The first-order valence-electron chi connectivity index (χ1n) is 7.87. The Bertz CT molecular complexity index is 653. The average Bonchev–Trinajstić information content (AvgIpc) is 2.59. The second-order valence-corrected chi connectivity index (χ2v) is 5.32. The molecule has 4 nitrogen and oxygen atoms in total. The van der Waals surface area contributed by atoms with Crippen molar-refractivity contribution in [2.24, 2.45) is 0 Å². The van der Waals surface area contributed by atoms with Crippen molar-refractivity contribution in [3.63, 3.8) is 0 Å². The van der Waals surface area contributed by atoms with Gasteiger partial charge in [0.2, 0.25) is 5.91 Å². The van der Waals surface area contributed by atoms with Crippen molar-refractivity contribution in [3.05, 3.63) is 65.7 Å². The summed E-state index contributed by atoms with van der Waals surface area (Å²) in [6, 6.07) is 16.8. The fraction of sp³-hybridized carbons (Fsp3) is 0.263. The molecule has 2 rings (SSSR count). The van der Waals surface area contributed by atoms with Gasteiger partial charge in [-0.15, -0.1) is 0 Å². The molecule has 0 aliphatic carbocycles. The Labute approximate surface area is 136 Å². The summed E-state index contributed by atoms with van der Waals surface area (Å²) in [5, 5.41) is 6.09. The van der Waals surface area contributed by atoms with Gasteiger partial charge in [0.1, 0.15) is 0 Å². The van der Waals surface area contributed by atoms with Crippen LogP contribution < -0.4 is 10.6 Å². The van der Waals surface area contributed by atoms with Crippen LogP contribution in [-0.4, -0.2) is 18.2 Å². The SMILES string of the molecule is CCNCc1cccc(NC(=O)CCC(=O)c2ccccc2)c1. The van der Waals surface area contributed by atoms with Crippen LogP contribution in [0.1, 0.15) is 35.7 Å². The minimum absolute atomic E-state index is 0.0124. The highest BCUT2D eigenvalue weighted by Crippen LogP contribution is 2.12. The van der Waals surface area contributed by atoms with Crippen LogP contribution in [-0.2, 0) is 11.3 Å². The van der Waals surface area contributed by atoms with Crippen LogP contribution in [0.15, 0.2) is 54.6 Å². The van der Waals surface area contributed by atoms with E-state index in [1.165, 1.54) is 0 Å². The number of Topliss-reactive ketones (excluding diaryl/α,β-unsaturated/α-hetero) is 1. The van der Waals surface area contributed by atoms with Crippen molar-refractivity contribution < 1.29 is 9.59 Å². The average molecular weight is 310 g/mol. The standard InChI is InChI=1S/C19H22N2O2/c1-2-20-14-15-7-6-10-17(13-15)21-19(23)12-11-18(22)16-8-4-3-5-9-16/h3-10,13,20H,2,11-12,14H2,1H3,(H,21,23). The second-order valence-electron chi connectivity index (χ2n) is 5.32. The van der Waals surface area contributed by atoms with Crippen molar-refractivity contribution in [2.45, 2.75) is 26.3 Å². The molecule has 23 heavy (non-hydrogen) atoms. The molecule has 2 N–H and O–H groups in total. The summed E-state index contributed by atoms with van der Waals surface area (Å²) in [6.45, 7) is 3.72. The number of benzene rings is 2. The molecule has 0 aliphatic rings. The number of rotatable bonds is 8. The van der Waals surface area contributed by atoms with E-state index in [0.29, 0.717) is 5.56 Å². The van der Waals surface area contributed by atoms with Gasteiger partial charge in [0.15, 0.2) is 5.78 Å². The summed E-state index contributed by atoms with van der Waals surface area (Å²) in [5.41, 5.74) is 2.52. The van der Waals surface area contributed by atoms with E-state index in [4.69, 9.17) is 0 Å². The summed E-state index contributed by atoms with van der Waals surface area (Å²) < 4.78 is 0. The zero-order valence-corrected chi connectivity index (χ0v) is 13.3. The number of carbonyl (C=O) groups is 2. The molecule has 0 aliphatic heterocycles. The van der Waals surface area contributed by atoms with E-state index in [1.54, 1.807) is 12.1 Å². The zero-order valence-electron chi connectivity index (χ0n) is 13.3. The van der Waals surface area contributed by atoms with Crippen molar-refractivity contribution in [2.75, 3.05) is 11.9 Å². The molecular weight excluding hydrogens is 288 g/mol. The van der Waals surface area contributed by atoms with Crippen molar-refractivity contribution >= 4 is 17.4 Å². The molecule has 0 aromatic heterocycles. The molecule has 1 amide bonds. The molecule has 2 aromatic rings. The molecule has 0 saturated heterocycles. The number of anilines is 1. The van der Waals surface area contributed by atoms with Crippen LogP contribution in [0.25, 0.3) is 0 Å². The van der Waals surface area contributed by atoms with E-state index in [2.05, 4.69) is 17.6 Å². The number of hydrogen-bond acceptors (Lipinski definition) is 3. The number of ketones is 1. The summed E-state index contributed by atoms with van der Waals surface area (Å²) in [6.07, 6.45) is 0.401. The maximum Gasteiger partial charge on any atom is 0.224 e. The molecule has 0 bridgehead atoms. The van der Waals surface area contributed by atoms with Crippen LogP contribution in [0.5, 0.6) is 0 Å². The van der Waals surface area contributed by atoms with E-state index in [9.17, 15) is 9.59 Å². The monoisotopic (exact) mass is 310 g/mol. The first-order valence-corrected chi connectivity index (χ1v) is 7.87. The lowest BCUT2D eigenvalue weighted by Crippen LogP contribution is -2.15. The normalized spacial score (nSPS) is 10.3. The van der Waals surface area contributed by atoms with Crippen LogP contribution in [0.2, 0.25) is 0 Å². The Morgan fingerprint density at radius 1 is 0.957 bits per heavy atom. The van der Waals surface area contributed by atoms with Crippen LogP contribution in [0.4, 0.5) is 5.69 Å². The smallest absolute Gasteiger partial charge is 0.224 e. The molecule has 0 atom stereocenters. The van der Waals surface area contributed by atoms with Crippen LogP contribution in [0, 0.1) is 0 Å². The van der Waals surface area contributed by atoms with Gasteiger partial charge in [0.05, 0.1) is 0 Å². The van der Waals surface area contributed by atoms with Gasteiger partial charge < -0.3 is 10.6 Å². The van der Waals surface area contributed by atoms with E-state index < -0.39 is 0 Å². The first-order chi connectivity index (χ1) is 11.2. The molecule has 0 fully saturated rings. The molecular formula is C19H22N2O2. The van der Waals surface area contributed by atoms with Gasteiger partial charge in [-0.2, -0.15) is 0 Å². The Hall–Kier alpha value is -2.46. The number of nitrogens with one attached hydrogen (secondary N) is 2. The second kappa shape index (κ2) is 8.86. The van der Waals surface area contributed by atoms with Gasteiger partial charge in [-0.1, -0.05) is 49.4 Å². The summed E-state index contributed by atoms with van der Waals surface area (Å²) >= 11 is 0. The molecule has 120 valence electrons. The minimum atomic E-state index is -0.144. The third kappa shape index (κ3) is 5.68. The molecule has 0 unspecified atom stereocenters. The number of hydrogen-bond donors (Lipinski definition) is 2. The Balaban J connectivity index is 1.84. The largest absolute Gasteiger partial charge is 0.326 e. The summed E-state index contributed by atoms with van der Waals surface area (Å²) in [4.78, 5) is 24.0. The Morgan fingerprint density at radius 2 is 1.74 bits per heavy atom. The van der Waals surface area contributed by atoms with Gasteiger partial charge in [0.25, 0.3) is 0 Å². The Morgan fingerprint density at radius 3 is 2.48 bits per heavy atom. The van der Waals surface area contributed by atoms with Gasteiger partial charge in [-0.3, -0.25) is 9.59 Å². The summed E-state index contributed by atoms with van der Waals surface area (Å²) in [7, 11) is 0. The highest BCUT2D eigenvalue weighted by molar-refractivity contribution is 5.99. The van der Waals surface area contributed by atoms with Gasteiger partial charge >= 0.3 is 0 Å². The van der Waals surface area contributed by atoms with Crippen LogP contribution in [0.3, 0.4) is 0 Å². The summed E-state index contributed by atoms with van der Waals surface area (Å²) in [5.74, 6) is -0.156. The van der Waals surface area contributed by atoms with Crippen LogP contribution >= 0.6 is 0 Å². The topological polar surface area (TPSA) is 58.2 Å². The maximum absolute atomic E-state index is 12.0. The zero-order chi connectivity index (χ0) is 16.5. The Kier molecular flexibility index (Phi) is 6.51.